The number of alkyl halides is 15. The Labute approximate surface area is 398 Å². The van der Waals surface area contributed by atoms with Crippen LogP contribution in [0.15, 0.2) is 0 Å². The van der Waals surface area contributed by atoms with Crippen molar-refractivity contribution in [3.63, 3.8) is 0 Å². The van der Waals surface area contributed by atoms with Crippen LogP contribution < -0.4 is 0 Å². The van der Waals surface area contributed by atoms with Crippen molar-refractivity contribution in [3.8, 4) is 0 Å². The number of hydrogen-bond donors (Lipinski definition) is 0. The minimum Gasteiger partial charge on any atom is -0.378 e. The van der Waals surface area contributed by atoms with Gasteiger partial charge in [-0.05, 0) is 150 Å². The summed E-state index contributed by atoms with van der Waals surface area (Å²) in [5.41, 5.74) is 0. The van der Waals surface area contributed by atoms with Gasteiger partial charge in [0.2, 0.25) is 0 Å². The standard InChI is InChI=1S/C26H38F8O.C25H37F7O2/c1-13-2-4-14(5-3-13)15-6-7-18(19(27)8-15)16-9-20(28)24(21(29)10-16)26(33,34)35-17-11-22(30)25(32)23(31)12-17;1-13-2-7-22(33-12-13)15-5-3-14(4-6-15)16-8-18(26)23(19(27)9-16)25(31,32)34-17-10-20(28)24(30)21(29)11-17/h13-25H,2-12H2,1H3;13-24H,2-12H2,1H3. The van der Waals surface area contributed by atoms with Gasteiger partial charge in [-0.25, -0.2) is 48.3 Å². The summed E-state index contributed by atoms with van der Waals surface area (Å²) < 4.78 is 230. The van der Waals surface area contributed by atoms with Crippen LogP contribution in [0.1, 0.15) is 149 Å². The number of rotatable bonds is 10. The lowest BCUT2D eigenvalue weighted by atomic mass is 9.64. The molecule has 8 fully saturated rings. The van der Waals surface area contributed by atoms with E-state index in [-0.39, 0.29) is 36.7 Å². The van der Waals surface area contributed by atoms with Crippen LogP contribution in [0.25, 0.3) is 0 Å². The van der Waals surface area contributed by atoms with E-state index in [0.717, 1.165) is 77.2 Å². The Morgan fingerprint density at radius 2 is 0.710 bits per heavy atom. The average Bonchev–Trinajstić information content (AvgIpc) is 3.27. The second kappa shape index (κ2) is 23.6. The molecule has 0 radical (unpaired) electrons. The van der Waals surface area contributed by atoms with E-state index < -0.39 is 155 Å². The Kier molecular flexibility index (Phi) is 19.0. The molecule has 0 N–H and O–H groups in total. The molecule has 1 saturated heterocycles. The molecule has 69 heavy (non-hydrogen) atoms. The quantitative estimate of drug-likeness (QED) is 0.204. The zero-order valence-electron chi connectivity index (χ0n) is 39.9. The molecule has 0 bridgehead atoms. The van der Waals surface area contributed by atoms with E-state index in [2.05, 4.69) is 23.3 Å². The maximum absolute atomic E-state index is 15.2. The number of hydrogen-bond acceptors (Lipinski definition) is 3. The summed E-state index contributed by atoms with van der Waals surface area (Å²) in [4.78, 5) is 0. The van der Waals surface area contributed by atoms with Gasteiger partial charge in [-0.2, -0.15) is 17.6 Å². The first kappa shape index (κ1) is 55.6. The minimum atomic E-state index is -4.30. The topological polar surface area (TPSA) is 27.7 Å². The highest BCUT2D eigenvalue weighted by Gasteiger charge is 2.59. The first-order valence-corrected chi connectivity index (χ1v) is 26.3. The highest BCUT2D eigenvalue weighted by molar-refractivity contribution is 4.99. The van der Waals surface area contributed by atoms with Crippen molar-refractivity contribution < 1.29 is 80.1 Å². The molecule has 18 heteroatoms. The van der Waals surface area contributed by atoms with Crippen molar-refractivity contribution >= 4 is 0 Å². The van der Waals surface area contributed by atoms with Crippen LogP contribution in [-0.4, -0.2) is 105 Å². The summed E-state index contributed by atoms with van der Waals surface area (Å²) in [7, 11) is 0. The van der Waals surface area contributed by atoms with Gasteiger partial charge in [-0.3, -0.25) is 0 Å². The smallest absolute Gasteiger partial charge is 0.364 e. The molecule has 1 heterocycles. The van der Waals surface area contributed by atoms with Crippen LogP contribution in [0.5, 0.6) is 0 Å². The molecule has 8 aliphatic rings. The summed E-state index contributed by atoms with van der Waals surface area (Å²) in [6.07, 6.45) is -28.1. The first-order valence-electron chi connectivity index (χ1n) is 26.3. The van der Waals surface area contributed by atoms with Crippen LogP contribution in [0.3, 0.4) is 0 Å². The maximum atomic E-state index is 15.2. The predicted octanol–water partition coefficient (Wildman–Crippen LogP) is 15.2. The van der Waals surface area contributed by atoms with E-state index in [1.165, 1.54) is 0 Å². The fourth-order valence-electron chi connectivity index (χ4n) is 14.1. The number of halogens is 15. The van der Waals surface area contributed by atoms with Gasteiger partial charge in [-0.1, -0.05) is 26.7 Å². The molecular weight excluding hydrogens is 946 g/mol. The third-order valence-corrected chi connectivity index (χ3v) is 18.2. The lowest BCUT2D eigenvalue weighted by Gasteiger charge is -2.45. The fourth-order valence-corrected chi connectivity index (χ4v) is 14.1. The molecule has 7 saturated carbocycles. The normalized spacial score (nSPS) is 49.6. The van der Waals surface area contributed by atoms with Gasteiger partial charge in [0.1, 0.15) is 67.4 Å². The van der Waals surface area contributed by atoms with Crippen molar-refractivity contribution in [1.82, 2.24) is 0 Å². The Balaban J connectivity index is 0.000000204. The second-order valence-corrected chi connectivity index (χ2v) is 23.1. The third kappa shape index (κ3) is 13.6. The Morgan fingerprint density at radius 1 is 0.348 bits per heavy atom. The molecule has 7 aliphatic carbocycles. The predicted molar refractivity (Wildman–Crippen MR) is 230 cm³/mol. The third-order valence-electron chi connectivity index (χ3n) is 18.2. The van der Waals surface area contributed by atoms with Crippen molar-refractivity contribution in [3.05, 3.63) is 0 Å². The lowest BCUT2D eigenvalue weighted by molar-refractivity contribution is -0.324. The summed E-state index contributed by atoms with van der Waals surface area (Å²) >= 11 is 0. The second-order valence-electron chi connectivity index (χ2n) is 23.1. The van der Waals surface area contributed by atoms with E-state index >= 15 is 4.39 Å². The van der Waals surface area contributed by atoms with Gasteiger partial charge in [0.25, 0.3) is 0 Å². The molecule has 3 nitrogen and oxygen atoms in total. The van der Waals surface area contributed by atoms with Crippen LogP contribution in [-0.2, 0) is 14.2 Å². The van der Waals surface area contributed by atoms with Gasteiger partial charge < -0.3 is 14.2 Å². The number of ether oxygens (including phenoxy) is 3. The van der Waals surface area contributed by atoms with Gasteiger partial charge in [0, 0.05) is 32.3 Å². The van der Waals surface area contributed by atoms with Crippen LogP contribution in [0.4, 0.5) is 65.9 Å². The summed E-state index contributed by atoms with van der Waals surface area (Å²) in [6.45, 7) is 5.16. The lowest BCUT2D eigenvalue weighted by Crippen LogP contribution is -2.52. The summed E-state index contributed by atoms with van der Waals surface area (Å²) in [5.74, 6) is -3.76. The maximum Gasteiger partial charge on any atom is 0.364 e. The van der Waals surface area contributed by atoms with Crippen molar-refractivity contribution in [2.75, 3.05) is 6.61 Å². The summed E-state index contributed by atoms with van der Waals surface area (Å²) in [6, 6.07) is 0. The molecule has 0 aromatic heterocycles. The van der Waals surface area contributed by atoms with Gasteiger partial charge in [0.15, 0.2) is 12.3 Å². The molecule has 0 spiro atoms. The molecule has 13 atom stereocenters. The van der Waals surface area contributed by atoms with E-state index in [1.54, 1.807) is 0 Å². The van der Waals surface area contributed by atoms with Crippen LogP contribution in [0, 0.1) is 65.1 Å². The monoisotopic (exact) mass is 1020 g/mol. The molecule has 13 unspecified atom stereocenters. The van der Waals surface area contributed by atoms with Crippen molar-refractivity contribution in [2.45, 2.75) is 247 Å². The fraction of sp³-hybridized carbons (Fsp3) is 1.00. The van der Waals surface area contributed by atoms with E-state index in [4.69, 9.17) is 4.74 Å². The molecular formula is C51H75F15O3. The average molecular weight is 1020 g/mol. The van der Waals surface area contributed by atoms with Crippen molar-refractivity contribution in [1.29, 1.82) is 0 Å². The zero-order valence-corrected chi connectivity index (χ0v) is 39.9. The Morgan fingerprint density at radius 3 is 1.13 bits per heavy atom. The molecule has 402 valence electrons. The summed E-state index contributed by atoms with van der Waals surface area (Å²) in [5, 5.41) is 0. The molecule has 0 amide bonds. The first-order chi connectivity index (χ1) is 32.5. The molecule has 1 aliphatic heterocycles. The minimum absolute atomic E-state index is 0.0881. The highest BCUT2D eigenvalue weighted by atomic mass is 19.3. The highest BCUT2D eigenvalue weighted by Crippen LogP contribution is 2.52. The van der Waals surface area contributed by atoms with E-state index in [1.807, 2.05) is 0 Å². The van der Waals surface area contributed by atoms with Crippen LogP contribution >= 0.6 is 0 Å². The van der Waals surface area contributed by atoms with E-state index in [0.29, 0.717) is 36.5 Å². The SMILES string of the molecule is CC1CCC(C2CCC(C3CC(F)C(C(F)(F)OC4CC(F)C(F)C(F)C4)C(F)C3)C(F)C2)CC1.CC1CCC(C2CCC(C3CC(F)C(C(F)(F)OC4CC(F)C(F)C(F)C4)C(F)C3)CC2)OC1. The Hall–Kier alpha value is -1.17. The van der Waals surface area contributed by atoms with Gasteiger partial charge >= 0.3 is 12.2 Å². The van der Waals surface area contributed by atoms with Gasteiger partial charge in [0.05, 0.1) is 18.3 Å². The molecule has 0 aromatic carbocycles. The van der Waals surface area contributed by atoms with E-state index in [9.17, 15) is 61.5 Å². The van der Waals surface area contributed by atoms with Crippen molar-refractivity contribution in [2.24, 2.45) is 65.1 Å². The largest absolute Gasteiger partial charge is 0.378 e. The molecule has 8 rings (SSSR count). The zero-order chi connectivity index (χ0) is 50.1. The molecule has 0 aromatic rings. The van der Waals surface area contributed by atoms with Gasteiger partial charge in [-0.15, -0.1) is 0 Å². The Bertz CT molecular complexity index is 1510. The van der Waals surface area contributed by atoms with Crippen LogP contribution in [0.2, 0.25) is 0 Å².